The largest absolute Gasteiger partial charge is 0.466 e. The lowest BCUT2D eigenvalue weighted by atomic mass is 9.44. The Kier molecular flexibility index (Phi) is 31.6. The molecule has 1 N–H and O–H groups in total. The number of hydrogen-bond donors (Lipinski definition) is 1. The van der Waals surface area contributed by atoms with E-state index in [9.17, 15) is 120 Å². The zero-order valence-electron chi connectivity index (χ0n) is 74.2. The zero-order chi connectivity index (χ0) is 93.5. The maximum absolute atomic E-state index is 13.9. The number of ether oxygens (including phenoxy) is 6. The standard InChI is InChI=1S/C32H45F3O7.C30H41F3O10S.C30H41F3O7/c1-18(7-10-28(40)41-13-5-6-27(39)42-17-25(33)32(4,34)35)21-8-9-22-29-23(16-26(38)31(21,22)3)30(2)12-11-20(36)14-19(30)15-24(29)37;1-16(4-7-25(37)42-11-9-26(38)43-15-23(31)30(32,33)44(39,40)41)19-5-6-20-27-21(14-24(36)29(19,20)3)28(2)10-8-18(34)12-17(28)13-22(27)35;1-16(5-8-25(37)40-15-26(38)39-14-23(31)30(4,32)33)19-6-7-20-27-21(13-24(36)29(19,20)3)28(2)10-9-18(34)11-17(28)12-22(27)35/h18-19,21-23,25,29H,5-17H2,1-4H3;16-17,19-21,23,27H,4-15H2,1-3H3,(H,39,40,41);16-17,19-21,23,27H,5-15H2,1-4H3/t18-,19+,21-,22+,23+,25?,29+,30+,31-;2*16-,17+,19-,20+,21+,23?,27+,28+,29-/m111/s1. The molecule has 12 rings (SSSR count). The van der Waals surface area contributed by atoms with Crippen LogP contribution in [-0.4, -0.2) is 176 Å². The molecule has 0 aliphatic heterocycles. The normalized spacial score (nSPS) is 36.1. The highest BCUT2D eigenvalue weighted by atomic mass is 32.2. The Morgan fingerprint density at radius 3 is 1.01 bits per heavy atom. The van der Waals surface area contributed by atoms with Crippen molar-refractivity contribution in [3.63, 3.8) is 0 Å². The summed E-state index contributed by atoms with van der Waals surface area (Å²) >= 11 is 0. The highest BCUT2D eigenvalue weighted by Crippen LogP contribution is 2.70. The number of fused-ring (bicyclic) bond motifs is 15. The van der Waals surface area contributed by atoms with Gasteiger partial charge in [0, 0.05) is 151 Å². The predicted octanol–water partition coefficient (Wildman–Crippen LogP) is 15.2. The number of ketones is 9. The van der Waals surface area contributed by atoms with E-state index in [1.807, 2.05) is 41.5 Å². The van der Waals surface area contributed by atoms with Crippen molar-refractivity contribution < 1.29 is 153 Å². The quantitative estimate of drug-likeness (QED) is 0.0221. The van der Waals surface area contributed by atoms with E-state index < -0.39 is 137 Å². The summed E-state index contributed by atoms with van der Waals surface area (Å²) in [6.45, 7) is 14.2. The van der Waals surface area contributed by atoms with Crippen LogP contribution in [0.25, 0.3) is 0 Å². The SMILES string of the molecule is C[C@H](CCC(=O)OCC(=O)OCC(F)C(C)(F)F)[C@H]1CC[C@H]2[C@@H]3C(=O)C[C@@H]4CC(=O)CC[C@]4(C)[C@H]3CC(=O)[C@]12C.C[C@H](CCC(=O)OCCC(=O)OCC(F)C(F)(F)S(=O)(=O)O)[C@H]1CC[C@H]2[C@@H]3C(=O)C[C@@H]4CC(=O)CC[C@]4(C)[C@H]3CC(=O)[C@]12C.C[C@H](CCC(=O)OCCCC(=O)OCC(F)C(C)(F)F)[C@H]1CC[C@H]2[C@@H]3C(=O)C[C@@H]4CC(=O)CC[C@]4(C)[C@H]3CC(=O)[C@]12C. The van der Waals surface area contributed by atoms with E-state index in [2.05, 4.69) is 35.0 Å². The lowest BCUT2D eigenvalue weighted by Gasteiger charge is -2.58. The number of alkyl halides is 9. The summed E-state index contributed by atoms with van der Waals surface area (Å²) in [6.07, 6.45) is 4.01. The summed E-state index contributed by atoms with van der Waals surface area (Å²) < 4.78 is 175. The first-order valence-corrected chi connectivity index (χ1v) is 46.6. The second-order valence-corrected chi connectivity index (χ2v) is 42.2. The average molecular weight is 1820 g/mol. The smallest absolute Gasteiger partial charge is 0.403 e. The van der Waals surface area contributed by atoms with E-state index in [0.717, 1.165) is 51.4 Å². The molecule has 0 amide bonds. The zero-order valence-corrected chi connectivity index (χ0v) is 75.0. The molecule has 34 heteroatoms. The molecule has 708 valence electrons. The fourth-order valence-electron chi connectivity index (χ4n) is 26.1. The van der Waals surface area contributed by atoms with E-state index in [1.54, 1.807) is 0 Å². The van der Waals surface area contributed by atoms with Crippen LogP contribution in [0.5, 0.6) is 0 Å². The van der Waals surface area contributed by atoms with Gasteiger partial charge in [-0.15, -0.1) is 0 Å². The molecular weight excluding hydrogens is 1690 g/mol. The van der Waals surface area contributed by atoms with E-state index >= 15 is 0 Å². The van der Waals surface area contributed by atoms with Crippen molar-refractivity contribution in [3.05, 3.63) is 0 Å². The second-order valence-electron chi connectivity index (χ2n) is 40.7. The fourth-order valence-corrected chi connectivity index (χ4v) is 26.4. The van der Waals surface area contributed by atoms with E-state index in [1.165, 1.54) is 0 Å². The van der Waals surface area contributed by atoms with Crippen LogP contribution in [0.15, 0.2) is 0 Å². The minimum absolute atomic E-state index is 0.00488. The Labute approximate surface area is 730 Å². The fraction of sp³-hybridized carbons (Fsp3) is 0.837. The highest BCUT2D eigenvalue weighted by Gasteiger charge is 2.70. The van der Waals surface area contributed by atoms with Crippen LogP contribution in [0.4, 0.5) is 39.5 Å². The van der Waals surface area contributed by atoms with E-state index in [0.29, 0.717) is 117 Å². The summed E-state index contributed by atoms with van der Waals surface area (Å²) in [4.78, 5) is 191. The Balaban J connectivity index is 0.000000197. The van der Waals surface area contributed by atoms with Crippen molar-refractivity contribution in [2.24, 2.45) is 139 Å². The molecule has 12 aliphatic rings. The van der Waals surface area contributed by atoms with Crippen molar-refractivity contribution in [2.75, 3.05) is 39.6 Å². The van der Waals surface area contributed by atoms with Crippen LogP contribution in [-0.2, 0) is 110 Å². The molecule has 12 aliphatic carbocycles. The molecule has 126 heavy (non-hydrogen) atoms. The molecule has 0 aromatic heterocycles. The van der Waals surface area contributed by atoms with Gasteiger partial charge in [-0.25, -0.2) is 35.5 Å². The molecule has 0 aromatic rings. The first kappa shape index (κ1) is 101. The predicted molar refractivity (Wildman–Crippen MR) is 430 cm³/mol. The third-order valence-electron chi connectivity index (χ3n) is 33.8. The van der Waals surface area contributed by atoms with Crippen LogP contribution in [0.2, 0.25) is 0 Å². The Morgan fingerprint density at radius 2 is 0.683 bits per heavy atom. The highest BCUT2D eigenvalue weighted by molar-refractivity contribution is 7.86. The van der Waals surface area contributed by atoms with Crippen molar-refractivity contribution >= 4 is 98.0 Å². The van der Waals surface area contributed by atoms with Gasteiger partial charge in [0.2, 0.25) is 6.17 Å². The average Bonchev–Trinajstić information content (AvgIpc) is 1.44. The molecule has 0 saturated heterocycles. The second kappa shape index (κ2) is 39.3. The first-order chi connectivity index (χ1) is 58.5. The molecule has 27 atom stereocenters. The van der Waals surface area contributed by atoms with Gasteiger partial charge >= 0.3 is 51.2 Å². The number of esters is 6. The molecule has 0 bridgehead atoms. The number of Topliss-reactive ketones (excluding diaryl/α,β-unsaturated/α-hetero) is 9. The molecule has 24 nitrogen and oxygen atoms in total. The van der Waals surface area contributed by atoms with Gasteiger partial charge < -0.3 is 28.4 Å². The van der Waals surface area contributed by atoms with E-state index in [-0.39, 0.29) is 214 Å². The number of carbonyl (C=O) groups is 15. The first-order valence-electron chi connectivity index (χ1n) is 45.2. The minimum atomic E-state index is -6.04. The number of hydrogen-bond acceptors (Lipinski definition) is 23. The Morgan fingerprint density at radius 1 is 0.389 bits per heavy atom. The van der Waals surface area contributed by atoms with Crippen molar-refractivity contribution in [1.29, 1.82) is 0 Å². The Bertz CT molecular complexity index is 4280. The molecule has 0 heterocycles. The minimum Gasteiger partial charge on any atom is -0.466 e. The number of carbonyl (C=O) groups excluding carboxylic acids is 15. The summed E-state index contributed by atoms with van der Waals surface area (Å²) in [6, 6.07) is 0. The summed E-state index contributed by atoms with van der Waals surface area (Å²) in [5.74, 6) is -11.2. The van der Waals surface area contributed by atoms with Gasteiger partial charge in [-0.05, 0) is 188 Å². The third kappa shape index (κ3) is 20.9. The monoisotopic (exact) mass is 1820 g/mol. The molecule has 0 radical (unpaired) electrons. The van der Waals surface area contributed by atoms with Gasteiger partial charge in [-0.3, -0.25) is 71.7 Å². The summed E-state index contributed by atoms with van der Waals surface area (Å²) in [5.41, 5.74) is -2.52. The van der Waals surface area contributed by atoms with Gasteiger partial charge in [0.05, 0.1) is 13.0 Å². The van der Waals surface area contributed by atoms with Crippen molar-refractivity contribution in [3.8, 4) is 0 Å². The van der Waals surface area contributed by atoms with Crippen LogP contribution in [0, 0.1) is 139 Å². The van der Waals surface area contributed by atoms with Gasteiger partial charge in [0.25, 0.3) is 11.8 Å². The van der Waals surface area contributed by atoms with Gasteiger partial charge in [0.1, 0.15) is 78.5 Å². The van der Waals surface area contributed by atoms with Gasteiger partial charge in [-0.1, -0.05) is 62.3 Å². The van der Waals surface area contributed by atoms with E-state index in [4.69, 9.17) is 18.8 Å². The molecule has 0 spiro atoms. The molecule has 3 unspecified atom stereocenters. The molecule has 12 fully saturated rings. The third-order valence-corrected chi connectivity index (χ3v) is 34.8. The van der Waals surface area contributed by atoms with Crippen LogP contribution >= 0.6 is 0 Å². The van der Waals surface area contributed by atoms with Gasteiger partial charge in [0.15, 0.2) is 19.0 Å². The lowest BCUT2D eigenvalue weighted by molar-refractivity contribution is -0.168. The maximum Gasteiger partial charge on any atom is 0.403 e. The Hall–Kier alpha value is -6.87. The van der Waals surface area contributed by atoms with Crippen LogP contribution < -0.4 is 0 Å². The van der Waals surface area contributed by atoms with Crippen LogP contribution in [0.1, 0.15) is 269 Å². The lowest BCUT2D eigenvalue weighted by Crippen LogP contribution is -2.60. The molecule has 12 saturated carbocycles. The maximum atomic E-state index is 13.9. The molecular formula is C92H127F9O24S. The molecule has 0 aromatic carbocycles. The van der Waals surface area contributed by atoms with Crippen molar-refractivity contribution in [1.82, 2.24) is 0 Å². The van der Waals surface area contributed by atoms with Crippen LogP contribution in [0.3, 0.4) is 0 Å². The van der Waals surface area contributed by atoms with Gasteiger partial charge in [-0.2, -0.15) is 17.2 Å². The number of halogens is 9. The summed E-state index contributed by atoms with van der Waals surface area (Å²) in [7, 11) is -6.04. The summed E-state index contributed by atoms with van der Waals surface area (Å²) in [5, 5.41) is -5.15. The van der Waals surface area contributed by atoms with Crippen molar-refractivity contribution in [2.45, 2.75) is 304 Å². The topological polar surface area (TPSA) is 366 Å². The number of rotatable bonds is 31.